The van der Waals surface area contributed by atoms with Gasteiger partial charge < -0.3 is 14.6 Å². The highest BCUT2D eigenvalue weighted by Gasteiger charge is 2.12. The number of halogens is 1. The van der Waals surface area contributed by atoms with Crippen molar-refractivity contribution >= 4 is 15.9 Å². The van der Waals surface area contributed by atoms with Crippen LogP contribution in [-0.4, -0.2) is 21.5 Å². The van der Waals surface area contributed by atoms with Gasteiger partial charge in [-0.2, -0.15) is 5.10 Å². The molecule has 0 aliphatic heterocycles. The summed E-state index contributed by atoms with van der Waals surface area (Å²) in [5.41, 5.74) is 1.75. The average Bonchev–Trinajstić information content (AvgIpc) is 2.83. The highest BCUT2D eigenvalue weighted by atomic mass is 79.9. The van der Waals surface area contributed by atoms with E-state index in [4.69, 9.17) is 9.47 Å². The van der Waals surface area contributed by atoms with Crippen LogP contribution in [0.15, 0.2) is 29.0 Å². The number of aliphatic hydroxyl groups is 1. The molecule has 108 valence electrons. The van der Waals surface area contributed by atoms with E-state index >= 15 is 0 Å². The van der Waals surface area contributed by atoms with Crippen molar-refractivity contribution < 1.29 is 14.6 Å². The topological polar surface area (TPSA) is 56.5 Å². The molecule has 0 saturated heterocycles. The van der Waals surface area contributed by atoms with Gasteiger partial charge in [-0.3, -0.25) is 4.68 Å². The Morgan fingerprint density at radius 3 is 2.70 bits per heavy atom. The minimum absolute atomic E-state index is 0.0401. The maximum absolute atomic E-state index is 9.23. The zero-order valence-electron chi connectivity index (χ0n) is 11.5. The number of hydrogen-bond donors (Lipinski definition) is 1. The van der Waals surface area contributed by atoms with Crippen LogP contribution in [0.25, 0.3) is 0 Å². The van der Waals surface area contributed by atoms with Crippen LogP contribution < -0.4 is 9.47 Å². The number of benzene rings is 1. The Hall–Kier alpha value is -1.53. The van der Waals surface area contributed by atoms with Crippen LogP contribution in [0.1, 0.15) is 18.1 Å². The molecular formula is C14H17BrN2O3. The first-order valence-electron chi connectivity index (χ1n) is 6.30. The van der Waals surface area contributed by atoms with E-state index < -0.39 is 0 Å². The van der Waals surface area contributed by atoms with Gasteiger partial charge in [0.15, 0.2) is 11.5 Å². The van der Waals surface area contributed by atoms with E-state index in [9.17, 15) is 5.11 Å². The first-order valence-corrected chi connectivity index (χ1v) is 7.09. The summed E-state index contributed by atoms with van der Waals surface area (Å²) >= 11 is 3.45. The molecule has 1 aromatic heterocycles. The monoisotopic (exact) mass is 340 g/mol. The van der Waals surface area contributed by atoms with E-state index in [2.05, 4.69) is 21.0 Å². The number of aliphatic hydroxyl groups excluding tert-OH is 1. The molecule has 0 spiro atoms. The second-order valence-corrected chi connectivity index (χ2v) is 5.16. The molecule has 5 nitrogen and oxygen atoms in total. The molecule has 1 N–H and O–H groups in total. The molecule has 0 amide bonds. The largest absolute Gasteiger partial charge is 0.490 e. The molecule has 0 fully saturated rings. The highest BCUT2D eigenvalue weighted by Crippen LogP contribution is 2.37. The van der Waals surface area contributed by atoms with Gasteiger partial charge in [-0.15, -0.1) is 0 Å². The van der Waals surface area contributed by atoms with Crippen molar-refractivity contribution in [3.8, 4) is 11.5 Å². The number of aromatic nitrogens is 2. The van der Waals surface area contributed by atoms with Crippen LogP contribution in [0.4, 0.5) is 0 Å². The van der Waals surface area contributed by atoms with Crippen LogP contribution in [0.3, 0.4) is 0 Å². The van der Waals surface area contributed by atoms with E-state index in [0.717, 1.165) is 15.6 Å². The summed E-state index contributed by atoms with van der Waals surface area (Å²) in [6.45, 7) is 2.81. The van der Waals surface area contributed by atoms with E-state index in [1.54, 1.807) is 16.9 Å². The van der Waals surface area contributed by atoms with Crippen molar-refractivity contribution in [2.24, 2.45) is 7.05 Å². The van der Waals surface area contributed by atoms with Crippen molar-refractivity contribution in [2.45, 2.75) is 20.1 Å². The van der Waals surface area contributed by atoms with Crippen LogP contribution >= 0.6 is 15.9 Å². The van der Waals surface area contributed by atoms with Crippen molar-refractivity contribution in [1.82, 2.24) is 9.78 Å². The standard InChI is InChI=1S/C14H17BrN2O3/c1-3-19-13-5-10(8-18)4-12(15)14(13)20-9-11-6-16-17(2)7-11/h4-7,18H,3,8-9H2,1-2H3. The van der Waals surface area contributed by atoms with Crippen molar-refractivity contribution in [1.29, 1.82) is 0 Å². The smallest absolute Gasteiger partial charge is 0.175 e. The molecule has 0 aliphatic rings. The Morgan fingerprint density at radius 1 is 1.30 bits per heavy atom. The van der Waals surface area contributed by atoms with E-state index in [0.29, 0.717) is 24.7 Å². The Labute approximate surface area is 126 Å². The number of ether oxygens (including phenoxy) is 2. The maximum atomic E-state index is 9.23. The Morgan fingerprint density at radius 2 is 2.10 bits per heavy atom. The van der Waals surface area contributed by atoms with Crippen LogP contribution in [0, 0.1) is 0 Å². The molecule has 0 aliphatic carbocycles. The minimum atomic E-state index is -0.0401. The molecule has 1 aromatic carbocycles. The summed E-state index contributed by atoms with van der Waals surface area (Å²) in [7, 11) is 1.86. The minimum Gasteiger partial charge on any atom is -0.490 e. The summed E-state index contributed by atoms with van der Waals surface area (Å²) in [6.07, 6.45) is 3.66. The van der Waals surface area contributed by atoms with Gasteiger partial charge in [0.25, 0.3) is 0 Å². The molecule has 6 heteroatoms. The molecule has 2 rings (SSSR count). The van der Waals surface area contributed by atoms with Crippen LogP contribution in [-0.2, 0) is 20.3 Å². The molecule has 0 bridgehead atoms. The lowest BCUT2D eigenvalue weighted by atomic mass is 10.2. The normalized spacial score (nSPS) is 10.6. The molecule has 0 radical (unpaired) electrons. The third-order valence-corrected chi connectivity index (χ3v) is 3.28. The predicted octanol–water partition coefficient (Wildman–Crippen LogP) is 2.65. The number of nitrogens with zero attached hydrogens (tertiary/aromatic N) is 2. The van der Waals surface area contributed by atoms with E-state index in [-0.39, 0.29) is 6.61 Å². The zero-order valence-corrected chi connectivity index (χ0v) is 13.1. The third-order valence-electron chi connectivity index (χ3n) is 2.69. The first-order chi connectivity index (χ1) is 9.63. The lowest BCUT2D eigenvalue weighted by Crippen LogP contribution is -2.01. The molecule has 0 unspecified atom stereocenters. The fourth-order valence-corrected chi connectivity index (χ4v) is 2.42. The van der Waals surface area contributed by atoms with Crippen LogP contribution in [0.5, 0.6) is 11.5 Å². The summed E-state index contributed by atoms with van der Waals surface area (Å²) in [6, 6.07) is 3.61. The fraction of sp³-hybridized carbons (Fsp3) is 0.357. The second-order valence-electron chi connectivity index (χ2n) is 4.31. The SMILES string of the molecule is CCOc1cc(CO)cc(Br)c1OCc1cnn(C)c1. The zero-order chi connectivity index (χ0) is 14.5. The lowest BCUT2D eigenvalue weighted by Gasteiger charge is -2.14. The van der Waals surface area contributed by atoms with Gasteiger partial charge in [0.1, 0.15) is 6.61 Å². The van der Waals surface area contributed by atoms with Gasteiger partial charge in [-0.25, -0.2) is 0 Å². The molecule has 20 heavy (non-hydrogen) atoms. The van der Waals surface area contributed by atoms with Gasteiger partial charge in [0, 0.05) is 18.8 Å². The van der Waals surface area contributed by atoms with Crippen molar-refractivity contribution in [2.75, 3.05) is 6.61 Å². The Balaban J connectivity index is 2.20. The molecule has 0 saturated carbocycles. The van der Waals surface area contributed by atoms with Gasteiger partial charge in [0.05, 0.1) is 23.9 Å². The Kier molecular flexibility index (Phi) is 5.03. The van der Waals surface area contributed by atoms with Crippen molar-refractivity contribution in [3.05, 3.63) is 40.1 Å². The first kappa shape index (κ1) is 14.9. The highest BCUT2D eigenvalue weighted by molar-refractivity contribution is 9.10. The van der Waals surface area contributed by atoms with Crippen molar-refractivity contribution in [3.63, 3.8) is 0 Å². The van der Waals surface area contributed by atoms with Gasteiger partial charge in [-0.05, 0) is 40.5 Å². The average molecular weight is 341 g/mol. The number of hydrogen-bond acceptors (Lipinski definition) is 4. The van der Waals surface area contributed by atoms with Gasteiger partial charge in [0.2, 0.25) is 0 Å². The molecular weight excluding hydrogens is 324 g/mol. The van der Waals surface area contributed by atoms with Gasteiger partial charge >= 0.3 is 0 Å². The second kappa shape index (κ2) is 6.76. The lowest BCUT2D eigenvalue weighted by molar-refractivity contribution is 0.262. The summed E-state index contributed by atoms with van der Waals surface area (Å²) in [5, 5.41) is 13.3. The van der Waals surface area contributed by atoms with E-state index in [1.807, 2.05) is 26.2 Å². The quantitative estimate of drug-likeness (QED) is 0.878. The van der Waals surface area contributed by atoms with Crippen LogP contribution in [0.2, 0.25) is 0 Å². The molecule has 1 heterocycles. The molecule has 2 aromatic rings. The summed E-state index contributed by atoms with van der Waals surface area (Å²) in [5.74, 6) is 1.25. The fourth-order valence-electron chi connectivity index (χ4n) is 1.82. The van der Waals surface area contributed by atoms with E-state index in [1.165, 1.54) is 0 Å². The number of aryl methyl sites for hydroxylation is 1. The maximum Gasteiger partial charge on any atom is 0.175 e. The predicted molar refractivity (Wildman–Crippen MR) is 78.8 cm³/mol. The summed E-state index contributed by atoms with van der Waals surface area (Å²) < 4.78 is 13.9. The Bertz CT molecular complexity index is 584. The van der Waals surface area contributed by atoms with Gasteiger partial charge in [-0.1, -0.05) is 0 Å². The summed E-state index contributed by atoms with van der Waals surface area (Å²) in [4.78, 5) is 0. The number of rotatable bonds is 6. The third kappa shape index (κ3) is 3.52. The molecule has 0 atom stereocenters.